The van der Waals surface area contributed by atoms with Crippen LogP contribution in [0.25, 0.3) is 10.9 Å². The van der Waals surface area contributed by atoms with Crippen LogP contribution in [0, 0.1) is 13.8 Å². The monoisotopic (exact) mass is 391 g/mol. The van der Waals surface area contributed by atoms with Crippen LogP contribution in [0.1, 0.15) is 41.2 Å². The van der Waals surface area contributed by atoms with E-state index in [1.165, 1.54) is 0 Å². The van der Waals surface area contributed by atoms with Crippen molar-refractivity contribution >= 4 is 23.0 Å². The van der Waals surface area contributed by atoms with Crippen LogP contribution in [-0.4, -0.2) is 30.3 Å². The van der Waals surface area contributed by atoms with Crippen LogP contribution in [0.15, 0.2) is 47.7 Å². The van der Waals surface area contributed by atoms with Gasteiger partial charge in [0.2, 0.25) is 0 Å². The van der Waals surface area contributed by atoms with E-state index in [0.29, 0.717) is 0 Å². The number of rotatable bonds is 6. The lowest BCUT2D eigenvalue weighted by Gasteiger charge is -2.18. The van der Waals surface area contributed by atoms with Gasteiger partial charge >= 0.3 is 0 Å². The highest BCUT2D eigenvalue weighted by Gasteiger charge is 2.23. The number of aromatic nitrogens is 1. The van der Waals surface area contributed by atoms with E-state index in [4.69, 9.17) is 9.47 Å². The zero-order valence-corrected chi connectivity index (χ0v) is 16.7. The molecule has 3 aromatic rings. The SMILES string of the molecule is Cc1cc(C)c(OCC(=O)NN=Cc2ccc3cc[nH]c3c2)c(C2CCCO2)c1. The molecular weight excluding hydrogens is 366 g/mol. The van der Waals surface area contributed by atoms with Crippen molar-refractivity contribution < 1.29 is 14.3 Å². The Hall–Kier alpha value is -3.12. The van der Waals surface area contributed by atoms with E-state index in [1.54, 1.807) is 6.21 Å². The van der Waals surface area contributed by atoms with Gasteiger partial charge in [-0.25, -0.2) is 5.43 Å². The standard InChI is InChI=1S/C23H25N3O3/c1-15-10-16(2)23(19(11-15)21-4-3-9-28-21)29-14-22(27)26-25-13-17-5-6-18-7-8-24-20(18)12-17/h5-8,10-13,21,24H,3-4,9,14H2,1-2H3,(H,26,27). The topological polar surface area (TPSA) is 75.7 Å². The van der Waals surface area contributed by atoms with Gasteiger partial charge in [-0.1, -0.05) is 23.8 Å². The van der Waals surface area contributed by atoms with Gasteiger partial charge in [-0.15, -0.1) is 0 Å². The number of amides is 1. The molecule has 1 saturated heterocycles. The van der Waals surface area contributed by atoms with Crippen LogP contribution >= 0.6 is 0 Å². The van der Waals surface area contributed by atoms with Crippen LogP contribution in [0.5, 0.6) is 5.75 Å². The Kier molecular flexibility index (Phi) is 5.62. The average molecular weight is 391 g/mol. The van der Waals surface area contributed by atoms with E-state index in [2.05, 4.69) is 34.6 Å². The zero-order chi connectivity index (χ0) is 20.2. The third-order valence-corrected chi connectivity index (χ3v) is 5.05. The van der Waals surface area contributed by atoms with E-state index in [-0.39, 0.29) is 18.6 Å². The second-order valence-corrected chi connectivity index (χ2v) is 7.41. The first-order chi connectivity index (χ1) is 14.1. The van der Waals surface area contributed by atoms with E-state index >= 15 is 0 Å². The van der Waals surface area contributed by atoms with Crippen molar-refractivity contribution in [2.75, 3.05) is 13.2 Å². The molecular formula is C23H25N3O3. The highest BCUT2D eigenvalue weighted by atomic mass is 16.5. The molecule has 0 spiro atoms. The number of hydrogen-bond donors (Lipinski definition) is 2. The Morgan fingerprint density at radius 1 is 1.31 bits per heavy atom. The molecule has 2 heterocycles. The quantitative estimate of drug-likeness (QED) is 0.489. The van der Waals surface area contributed by atoms with Gasteiger partial charge in [-0.2, -0.15) is 5.10 Å². The molecule has 1 aliphatic heterocycles. The number of aryl methyl sites for hydroxylation is 2. The van der Waals surface area contributed by atoms with Gasteiger partial charge < -0.3 is 14.5 Å². The Labute approximate surface area is 169 Å². The van der Waals surface area contributed by atoms with Gasteiger partial charge in [-0.3, -0.25) is 4.79 Å². The largest absolute Gasteiger partial charge is 0.483 e. The highest BCUT2D eigenvalue weighted by Crippen LogP contribution is 2.37. The number of carbonyl (C=O) groups is 1. The van der Waals surface area contributed by atoms with Crippen LogP contribution < -0.4 is 10.2 Å². The summed E-state index contributed by atoms with van der Waals surface area (Å²) in [5.41, 5.74) is 7.64. The predicted octanol–water partition coefficient (Wildman–Crippen LogP) is 4.17. The average Bonchev–Trinajstić information content (AvgIpc) is 3.38. The van der Waals surface area contributed by atoms with Crippen molar-refractivity contribution in [3.8, 4) is 5.75 Å². The number of nitrogens with one attached hydrogen (secondary N) is 2. The maximum absolute atomic E-state index is 12.2. The van der Waals surface area contributed by atoms with Crippen molar-refractivity contribution in [2.24, 2.45) is 5.10 Å². The third kappa shape index (κ3) is 4.49. The Balaban J connectivity index is 1.38. The van der Waals surface area contributed by atoms with Crippen molar-refractivity contribution in [3.05, 3.63) is 64.8 Å². The van der Waals surface area contributed by atoms with Crippen molar-refractivity contribution in [2.45, 2.75) is 32.8 Å². The molecule has 1 fully saturated rings. The van der Waals surface area contributed by atoms with E-state index in [1.807, 2.05) is 37.4 Å². The lowest BCUT2D eigenvalue weighted by Crippen LogP contribution is -2.25. The number of nitrogens with zero attached hydrogens (tertiary/aromatic N) is 1. The second kappa shape index (κ2) is 8.49. The Morgan fingerprint density at radius 2 is 2.21 bits per heavy atom. The van der Waals surface area contributed by atoms with Gasteiger partial charge in [0, 0.05) is 23.9 Å². The lowest BCUT2D eigenvalue weighted by molar-refractivity contribution is -0.123. The first-order valence-corrected chi connectivity index (χ1v) is 9.85. The van der Waals surface area contributed by atoms with E-state index in [9.17, 15) is 4.79 Å². The summed E-state index contributed by atoms with van der Waals surface area (Å²) in [6.45, 7) is 4.71. The molecule has 0 radical (unpaired) electrons. The number of ether oxygens (including phenoxy) is 2. The maximum Gasteiger partial charge on any atom is 0.277 e. The molecule has 1 unspecified atom stereocenters. The smallest absolute Gasteiger partial charge is 0.277 e. The van der Waals surface area contributed by atoms with E-state index in [0.717, 1.165) is 58.4 Å². The van der Waals surface area contributed by atoms with E-state index < -0.39 is 0 Å². The zero-order valence-electron chi connectivity index (χ0n) is 16.7. The van der Waals surface area contributed by atoms with Gasteiger partial charge in [0.1, 0.15) is 5.75 Å². The minimum Gasteiger partial charge on any atom is -0.483 e. The molecule has 1 atom stereocenters. The number of fused-ring (bicyclic) bond motifs is 1. The normalized spacial score (nSPS) is 16.6. The van der Waals surface area contributed by atoms with Gasteiger partial charge in [0.05, 0.1) is 12.3 Å². The summed E-state index contributed by atoms with van der Waals surface area (Å²) in [4.78, 5) is 15.4. The number of H-pyrrole nitrogens is 1. The molecule has 2 aromatic carbocycles. The maximum atomic E-state index is 12.2. The predicted molar refractivity (Wildman–Crippen MR) is 113 cm³/mol. The molecule has 0 aliphatic carbocycles. The summed E-state index contributed by atoms with van der Waals surface area (Å²) in [5.74, 6) is 0.430. The van der Waals surface area contributed by atoms with Crippen molar-refractivity contribution in [3.63, 3.8) is 0 Å². The number of hydrogen-bond acceptors (Lipinski definition) is 4. The molecule has 4 rings (SSSR count). The Bertz CT molecular complexity index is 1050. The first kappa shape index (κ1) is 19.2. The summed E-state index contributed by atoms with van der Waals surface area (Å²) in [7, 11) is 0. The molecule has 150 valence electrons. The molecule has 0 saturated carbocycles. The number of benzene rings is 2. The first-order valence-electron chi connectivity index (χ1n) is 9.85. The van der Waals surface area contributed by atoms with Gasteiger partial charge in [0.15, 0.2) is 6.61 Å². The summed E-state index contributed by atoms with van der Waals surface area (Å²) in [6, 6.07) is 12.1. The number of hydrazone groups is 1. The summed E-state index contributed by atoms with van der Waals surface area (Å²) in [6.07, 6.45) is 5.56. The van der Waals surface area contributed by atoms with Crippen LogP contribution in [0.4, 0.5) is 0 Å². The summed E-state index contributed by atoms with van der Waals surface area (Å²) < 4.78 is 11.7. The lowest BCUT2D eigenvalue weighted by atomic mass is 9.99. The van der Waals surface area contributed by atoms with Gasteiger partial charge in [-0.05, 0) is 61.4 Å². The fourth-order valence-electron chi connectivity index (χ4n) is 3.74. The van der Waals surface area contributed by atoms with Crippen molar-refractivity contribution in [1.29, 1.82) is 0 Å². The minimum atomic E-state index is -0.305. The molecule has 2 N–H and O–H groups in total. The molecule has 1 amide bonds. The van der Waals surface area contributed by atoms with Crippen LogP contribution in [0.2, 0.25) is 0 Å². The molecule has 6 nitrogen and oxygen atoms in total. The summed E-state index contributed by atoms with van der Waals surface area (Å²) in [5, 5.41) is 5.17. The van der Waals surface area contributed by atoms with Crippen LogP contribution in [0.3, 0.4) is 0 Å². The molecule has 6 heteroatoms. The molecule has 1 aromatic heterocycles. The van der Waals surface area contributed by atoms with Gasteiger partial charge in [0.25, 0.3) is 5.91 Å². The summed E-state index contributed by atoms with van der Waals surface area (Å²) >= 11 is 0. The van der Waals surface area contributed by atoms with Crippen LogP contribution in [-0.2, 0) is 9.53 Å². The molecule has 29 heavy (non-hydrogen) atoms. The third-order valence-electron chi connectivity index (χ3n) is 5.05. The second-order valence-electron chi connectivity index (χ2n) is 7.41. The number of carbonyl (C=O) groups excluding carboxylic acids is 1. The highest BCUT2D eigenvalue weighted by molar-refractivity contribution is 5.89. The fourth-order valence-corrected chi connectivity index (χ4v) is 3.74. The number of aromatic amines is 1. The molecule has 0 bridgehead atoms. The minimum absolute atomic E-state index is 0.0348. The van der Waals surface area contributed by atoms with Crippen molar-refractivity contribution in [1.82, 2.24) is 10.4 Å². The Morgan fingerprint density at radius 3 is 3.03 bits per heavy atom. The fraction of sp³-hybridized carbons (Fsp3) is 0.304. The molecule has 1 aliphatic rings.